The van der Waals surface area contributed by atoms with E-state index in [2.05, 4.69) is 15.0 Å². The van der Waals surface area contributed by atoms with Crippen molar-refractivity contribution in [2.75, 3.05) is 13.7 Å². The number of carbonyl (C=O) groups is 1. The van der Waals surface area contributed by atoms with Crippen LogP contribution in [0.5, 0.6) is 0 Å². The Morgan fingerprint density at radius 1 is 1.45 bits per heavy atom. The number of ether oxygens (including phenoxy) is 2. The number of hydrogen-bond acceptors (Lipinski definition) is 5. The average Bonchev–Trinajstić information content (AvgIpc) is 2.42. The molecule has 0 bridgehead atoms. The van der Waals surface area contributed by atoms with Gasteiger partial charge in [0.15, 0.2) is 5.90 Å². The molecular weight excluding hydrogens is 296 g/mol. The molecule has 6 nitrogen and oxygen atoms in total. The summed E-state index contributed by atoms with van der Waals surface area (Å²) in [6, 6.07) is -0.646. The molecule has 0 radical (unpaired) electrons. The summed E-state index contributed by atoms with van der Waals surface area (Å²) in [6.45, 7) is 2.17. The molecule has 1 amide bonds. The van der Waals surface area contributed by atoms with E-state index >= 15 is 0 Å². The normalized spacial score (nSPS) is 15.8. The number of amides is 1. The monoisotopic (exact) mass is 319 g/mol. The van der Waals surface area contributed by atoms with Gasteiger partial charge in [0.05, 0.1) is 18.6 Å². The molecule has 2 unspecified atom stereocenters. The van der Waals surface area contributed by atoms with Gasteiger partial charge in [0.25, 0.3) is 0 Å². The molecule has 0 saturated heterocycles. The Kier molecular flexibility index (Phi) is 9.56. The first-order valence-electron chi connectivity index (χ1n) is 6.77. The predicted molar refractivity (Wildman–Crippen MR) is 80.6 cm³/mol. The van der Waals surface area contributed by atoms with Gasteiger partial charge < -0.3 is 20.5 Å². The SMILES string of the molecule is CCOC(=O)NC(/C=C/C=C(\C)N)C(C)C(=NC)OC(F)F. The smallest absolute Gasteiger partial charge is 0.407 e. The maximum absolute atomic E-state index is 12.4. The molecule has 2 atom stereocenters. The summed E-state index contributed by atoms with van der Waals surface area (Å²) in [6.07, 6.45) is 4.16. The van der Waals surface area contributed by atoms with Gasteiger partial charge in [-0.05, 0) is 19.9 Å². The van der Waals surface area contributed by atoms with E-state index in [1.54, 1.807) is 39.0 Å². The Balaban J connectivity index is 5.14. The number of hydrogen-bond donors (Lipinski definition) is 2. The van der Waals surface area contributed by atoms with Crippen LogP contribution in [0, 0.1) is 5.92 Å². The molecule has 0 spiro atoms. The van der Waals surface area contributed by atoms with Crippen LogP contribution in [0.15, 0.2) is 28.9 Å². The molecule has 0 heterocycles. The second-order valence-electron chi connectivity index (χ2n) is 4.42. The molecule has 126 valence electrons. The largest absolute Gasteiger partial charge is 0.450 e. The van der Waals surface area contributed by atoms with Crippen molar-refractivity contribution in [3.63, 3.8) is 0 Å². The number of nitrogens with zero attached hydrogens (tertiary/aromatic N) is 1. The molecule has 8 heteroatoms. The molecule has 3 N–H and O–H groups in total. The summed E-state index contributed by atoms with van der Waals surface area (Å²) in [5.41, 5.74) is 6.07. The fourth-order valence-corrected chi connectivity index (χ4v) is 1.58. The van der Waals surface area contributed by atoms with Crippen molar-refractivity contribution in [3.05, 3.63) is 23.9 Å². The lowest BCUT2D eigenvalue weighted by atomic mass is 10.0. The molecule has 0 aliphatic rings. The highest BCUT2D eigenvalue weighted by atomic mass is 19.3. The third-order valence-corrected chi connectivity index (χ3v) is 2.60. The number of nitrogens with two attached hydrogens (primary N) is 1. The van der Waals surface area contributed by atoms with Crippen molar-refractivity contribution in [2.45, 2.75) is 33.4 Å². The van der Waals surface area contributed by atoms with Crippen molar-refractivity contribution >= 4 is 12.0 Å². The Morgan fingerprint density at radius 2 is 2.09 bits per heavy atom. The summed E-state index contributed by atoms with van der Waals surface area (Å²) in [7, 11) is 1.34. The van der Waals surface area contributed by atoms with Crippen LogP contribution in [0.4, 0.5) is 13.6 Å². The van der Waals surface area contributed by atoms with E-state index in [-0.39, 0.29) is 12.5 Å². The first-order chi connectivity index (χ1) is 10.3. The summed E-state index contributed by atoms with van der Waals surface area (Å²) in [5, 5.41) is 2.56. The number of halogens is 2. The zero-order valence-corrected chi connectivity index (χ0v) is 13.2. The van der Waals surface area contributed by atoms with E-state index in [4.69, 9.17) is 10.5 Å². The van der Waals surface area contributed by atoms with Crippen LogP contribution in [0.1, 0.15) is 20.8 Å². The van der Waals surface area contributed by atoms with Crippen molar-refractivity contribution in [2.24, 2.45) is 16.6 Å². The Labute approximate surface area is 129 Å². The molecule has 0 aliphatic heterocycles. The number of allylic oxidation sites excluding steroid dienone is 3. The summed E-state index contributed by atoms with van der Waals surface area (Å²) >= 11 is 0. The van der Waals surface area contributed by atoms with E-state index in [1.165, 1.54) is 7.05 Å². The highest BCUT2D eigenvalue weighted by Gasteiger charge is 2.25. The van der Waals surface area contributed by atoms with Gasteiger partial charge >= 0.3 is 12.7 Å². The van der Waals surface area contributed by atoms with E-state index in [0.29, 0.717) is 5.70 Å². The predicted octanol–water partition coefficient (Wildman–Crippen LogP) is 2.42. The molecule has 0 fully saturated rings. The molecule has 0 saturated carbocycles. The maximum Gasteiger partial charge on any atom is 0.407 e. The second kappa shape index (κ2) is 10.6. The second-order valence-corrected chi connectivity index (χ2v) is 4.42. The number of carbonyl (C=O) groups excluding carboxylic acids is 1. The maximum atomic E-state index is 12.4. The first-order valence-corrected chi connectivity index (χ1v) is 6.77. The molecule has 0 aromatic heterocycles. The van der Waals surface area contributed by atoms with Gasteiger partial charge in [-0.2, -0.15) is 8.78 Å². The fraction of sp³-hybridized carbons (Fsp3) is 0.571. The average molecular weight is 319 g/mol. The highest BCUT2D eigenvalue weighted by Crippen LogP contribution is 2.12. The lowest BCUT2D eigenvalue weighted by Crippen LogP contribution is -2.42. The Hall–Kier alpha value is -2.12. The number of alkyl carbamates (subject to hydrolysis) is 1. The summed E-state index contributed by atoms with van der Waals surface area (Å²) in [5.74, 6) is -0.791. The van der Waals surface area contributed by atoms with Crippen LogP contribution in [0.3, 0.4) is 0 Å². The third-order valence-electron chi connectivity index (χ3n) is 2.60. The van der Waals surface area contributed by atoms with Gasteiger partial charge in [0, 0.05) is 12.7 Å². The lowest BCUT2D eigenvalue weighted by Gasteiger charge is -2.23. The Morgan fingerprint density at radius 3 is 2.55 bits per heavy atom. The molecular formula is C14H23F2N3O3. The van der Waals surface area contributed by atoms with E-state index < -0.39 is 24.7 Å². The minimum atomic E-state index is -2.99. The van der Waals surface area contributed by atoms with Gasteiger partial charge in [0.2, 0.25) is 0 Å². The van der Waals surface area contributed by atoms with Crippen LogP contribution in [0.2, 0.25) is 0 Å². The summed E-state index contributed by atoms with van der Waals surface area (Å²) in [4.78, 5) is 15.2. The molecule has 0 aromatic carbocycles. The van der Waals surface area contributed by atoms with Gasteiger partial charge in [0.1, 0.15) is 0 Å². The van der Waals surface area contributed by atoms with Crippen LogP contribution >= 0.6 is 0 Å². The molecule has 22 heavy (non-hydrogen) atoms. The third kappa shape index (κ3) is 8.23. The van der Waals surface area contributed by atoms with Crippen LogP contribution < -0.4 is 11.1 Å². The Bertz CT molecular complexity index is 433. The fourth-order valence-electron chi connectivity index (χ4n) is 1.58. The lowest BCUT2D eigenvalue weighted by molar-refractivity contribution is -0.0648. The zero-order chi connectivity index (χ0) is 17.1. The number of rotatable bonds is 7. The minimum absolute atomic E-state index is 0.171. The summed E-state index contributed by atoms with van der Waals surface area (Å²) < 4.78 is 33.9. The standard InChI is InChI=1S/C14H23F2N3O3/c1-5-21-14(20)19-11(8-6-7-9(2)17)10(3)12(18-4)22-13(15)16/h6-8,10-11,13H,5,17H2,1-4H3,(H,19,20)/b8-6+,9-7+,18-12?. The van der Waals surface area contributed by atoms with Crippen LogP contribution in [-0.4, -0.2) is 38.3 Å². The molecule has 0 aromatic rings. The zero-order valence-electron chi connectivity index (χ0n) is 13.2. The van der Waals surface area contributed by atoms with Crippen molar-refractivity contribution in [1.82, 2.24) is 5.32 Å². The van der Waals surface area contributed by atoms with E-state index in [0.717, 1.165) is 0 Å². The van der Waals surface area contributed by atoms with Gasteiger partial charge in [-0.15, -0.1) is 0 Å². The van der Waals surface area contributed by atoms with Crippen molar-refractivity contribution in [3.8, 4) is 0 Å². The number of aliphatic imine (C=N–C) groups is 1. The molecule has 0 aliphatic carbocycles. The van der Waals surface area contributed by atoms with Crippen molar-refractivity contribution < 1.29 is 23.0 Å². The number of alkyl halides is 2. The highest BCUT2D eigenvalue weighted by molar-refractivity contribution is 5.80. The van der Waals surface area contributed by atoms with E-state index in [9.17, 15) is 13.6 Å². The quantitative estimate of drug-likeness (QED) is 0.429. The van der Waals surface area contributed by atoms with Gasteiger partial charge in [-0.25, -0.2) is 4.79 Å². The first kappa shape index (κ1) is 19.9. The number of nitrogens with one attached hydrogen (secondary N) is 1. The van der Waals surface area contributed by atoms with E-state index in [1.807, 2.05) is 0 Å². The topological polar surface area (TPSA) is 85.9 Å². The van der Waals surface area contributed by atoms with Gasteiger partial charge in [-0.1, -0.05) is 19.1 Å². The van der Waals surface area contributed by atoms with Crippen LogP contribution in [-0.2, 0) is 9.47 Å². The molecule has 0 rings (SSSR count). The van der Waals surface area contributed by atoms with Gasteiger partial charge in [-0.3, -0.25) is 4.99 Å². The van der Waals surface area contributed by atoms with Crippen molar-refractivity contribution in [1.29, 1.82) is 0 Å². The van der Waals surface area contributed by atoms with Crippen LogP contribution in [0.25, 0.3) is 0 Å². The minimum Gasteiger partial charge on any atom is -0.450 e.